The van der Waals surface area contributed by atoms with Crippen molar-refractivity contribution in [3.05, 3.63) is 28.0 Å². The highest BCUT2D eigenvalue weighted by Crippen LogP contribution is 2.38. The molecule has 22 heavy (non-hydrogen) atoms. The first-order valence-electron chi connectivity index (χ1n) is 7.11. The highest BCUT2D eigenvalue weighted by molar-refractivity contribution is 9.10. The van der Waals surface area contributed by atoms with Gasteiger partial charge in [0, 0.05) is 37.8 Å². The maximum atomic E-state index is 13.7. The third-order valence-electron chi connectivity index (χ3n) is 3.70. The molecular formula is C15H24BrCl2FN2O. The van der Waals surface area contributed by atoms with Crippen molar-refractivity contribution < 1.29 is 9.50 Å². The maximum Gasteiger partial charge on any atom is 0.134 e. The summed E-state index contributed by atoms with van der Waals surface area (Å²) in [6, 6.07) is 2.84. The van der Waals surface area contributed by atoms with Crippen LogP contribution in [0.1, 0.15) is 31.9 Å². The standard InChI is InChI=1S/C15H22BrFN2O.2ClH/c1-10(2)7-14(19-5-3-18-4-6-19)12-8-11(17)9-13(16)15(12)20;;/h8-10,14,18,20H,3-7H2,1-2H3;2*1H/t14-;;/m0../s1. The SMILES string of the molecule is CC(C)C[C@@H](c1cc(F)cc(Br)c1O)N1CCNCC1.Cl.Cl. The van der Waals surface area contributed by atoms with E-state index in [1.54, 1.807) is 0 Å². The van der Waals surface area contributed by atoms with E-state index in [1.807, 2.05) is 0 Å². The number of nitrogens with zero attached hydrogens (tertiary/aromatic N) is 1. The smallest absolute Gasteiger partial charge is 0.134 e. The number of benzene rings is 1. The molecule has 0 radical (unpaired) electrons. The maximum absolute atomic E-state index is 13.7. The van der Waals surface area contributed by atoms with E-state index in [-0.39, 0.29) is 42.4 Å². The largest absolute Gasteiger partial charge is 0.506 e. The molecule has 3 nitrogen and oxygen atoms in total. The summed E-state index contributed by atoms with van der Waals surface area (Å²) in [7, 11) is 0. The Morgan fingerprint density at radius 3 is 2.41 bits per heavy atom. The molecular weight excluding hydrogens is 394 g/mol. The van der Waals surface area contributed by atoms with E-state index < -0.39 is 0 Å². The second-order valence-corrected chi connectivity index (χ2v) is 6.61. The normalized spacial score (nSPS) is 16.8. The Labute approximate surface area is 152 Å². The van der Waals surface area contributed by atoms with Gasteiger partial charge in [0.05, 0.1) is 4.47 Å². The molecule has 1 aromatic rings. The van der Waals surface area contributed by atoms with Crippen molar-refractivity contribution >= 4 is 40.7 Å². The lowest BCUT2D eigenvalue weighted by molar-refractivity contribution is 0.151. The van der Waals surface area contributed by atoms with Crippen molar-refractivity contribution in [3.8, 4) is 5.75 Å². The van der Waals surface area contributed by atoms with Crippen LogP contribution in [0.5, 0.6) is 5.75 Å². The molecule has 2 N–H and O–H groups in total. The summed E-state index contributed by atoms with van der Waals surface area (Å²) in [5.41, 5.74) is 0.687. The van der Waals surface area contributed by atoms with Crippen LogP contribution < -0.4 is 5.32 Å². The Morgan fingerprint density at radius 2 is 1.86 bits per heavy atom. The van der Waals surface area contributed by atoms with Gasteiger partial charge in [0.2, 0.25) is 0 Å². The lowest BCUT2D eigenvalue weighted by atomic mass is 9.94. The van der Waals surface area contributed by atoms with E-state index >= 15 is 0 Å². The summed E-state index contributed by atoms with van der Waals surface area (Å²) in [4.78, 5) is 2.33. The van der Waals surface area contributed by atoms with Gasteiger partial charge in [0.15, 0.2) is 0 Å². The minimum atomic E-state index is -0.312. The highest BCUT2D eigenvalue weighted by Gasteiger charge is 2.26. The summed E-state index contributed by atoms with van der Waals surface area (Å²) >= 11 is 3.23. The summed E-state index contributed by atoms with van der Waals surface area (Å²) in [6.45, 7) is 8.02. The molecule has 1 aliphatic rings. The molecule has 1 fully saturated rings. The zero-order valence-electron chi connectivity index (χ0n) is 12.8. The van der Waals surface area contributed by atoms with Crippen molar-refractivity contribution in [2.45, 2.75) is 26.3 Å². The molecule has 1 saturated heterocycles. The predicted octanol–water partition coefficient (Wildman–Crippen LogP) is 4.13. The molecule has 1 aromatic carbocycles. The van der Waals surface area contributed by atoms with E-state index in [4.69, 9.17) is 0 Å². The quantitative estimate of drug-likeness (QED) is 0.772. The monoisotopic (exact) mass is 416 g/mol. The molecule has 128 valence electrons. The highest BCUT2D eigenvalue weighted by atomic mass is 79.9. The van der Waals surface area contributed by atoms with Gasteiger partial charge in [0.25, 0.3) is 0 Å². The van der Waals surface area contributed by atoms with Crippen molar-refractivity contribution in [1.82, 2.24) is 10.2 Å². The number of aromatic hydroxyl groups is 1. The number of phenolic OH excluding ortho intramolecular Hbond substituents is 1. The van der Waals surface area contributed by atoms with Crippen LogP contribution in [0.15, 0.2) is 16.6 Å². The fourth-order valence-corrected chi connectivity index (χ4v) is 3.20. The van der Waals surface area contributed by atoms with Gasteiger partial charge in [-0.3, -0.25) is 4.90 Å². The van der Waals surface area contributed by atoms with E-state index in [0.29, 0.717) is 16.0 Å². The number of rotatable bonds is 4. The van der Waals surface area contributed by atoms with Crippen LogP contribution >= 0.6 is 40.7 Å². The van der Waals surface area contributed by atoms with Crippen LogP contribution in [-0.2, 0) is 0 Å². The number of piperazine rings is 1. The molecule has 0 bridgehead atoms. The molecule has 1 atom stereocenters. The van der Waals surface area contributed by atoms with Crippen LogP contribution in [0.25, 0.3) is 0 Å². The molecule has 0 amide bonds. The van der Waals surface area contributed by atoms with Gasteiger partial charge in [-0.05, 0) is 40.4 Å². The third-order valence-corrected chi connectivity index (χ3v) is 4.31. The van der Waals surface area contributed by atoms with Gasteiger partial charge in [-0.15, -0.1) is 24.8 Å². The summed E-state index contributed by atoms with van der Waals surface area (Å²) in [5, 5.41) is 13.6. The lowest BCUT2D eigenvalue weighted by Gasteiger charge is -2.36. The minimum Gasteiger partial charge on any atom is -0.506 e. The van der Waals surface area contributed by atoms with E-state index in [1.165, 1.54) is 12.1 Å². The fraction of sp³-hybridized carbons (Fsp3) is 0.600. The van der Waals surface area contributed by atoms with Gasteiger partial charge in [-0.1, -0.05) is 13.8 Å². The first-order valence-corrected chi connectivity index (χ1v) is 7.91. The molecule has 0 saturated carbocycles. The number of halogens is 4. The molecule has 1 aliphatic heterocycles. The van der Waals surface area contributed by atoms with Crippen LogP contribution in [-0.4, -0.2) is 36.2 Å². The van der Waals surface area contributed by atoms with Crippen molar-refractivity contribution in [2.75, 3.05) is 26.2 Å². The Morgan fingerprint density at radius 1 is 1.27 bits per heavy atom. The number of hydrogen-bond donors (Lipinski definition) is 2. The van der Waals surface area contributed by atoms with Crippen molar-refractivity contribution in [3.63, 3.8) is 0 Å². The van der Waals surface area contributed by atoms with Gasteiger partial charge in [0.1, 0.15) is 11.6 Å². The first kappa shape index (κ1) is 21.9. The van der Waals surface area contributed by atoms with E-state index in [9.17, 15) is 9.50 Å². The zero-order chi connectivity index (χ0) is 14.7. The van der Waals surface area contributed by atoms with Crippen LogP contribution in [0.2, 0.25) is 0 Å². The molecule has 0 spiro atoms. The zero-order valence-corrected chi connectivity index (χ0v) is 16.0. The van der Waals surface area contributed by atoms with Gasteiger partial charge < -0.3 is 10.4 Å². The van der Waals surface area contributed by atoms with Gasteiger partial charge in [-0.2, -0.15) is 0 Å². The number of phenols is 1. The Kier molecular flexibility index (Phi) is 9.90. The summed E-state index contributed by atoms with van der Waals surface area (Å²) in [6.07, 6.45) is 0.906. The molecule has 1 heterocycles. The number of nitrogens with one attached hydrogen (secondary N) is 1. The fourth-order valence-electron chi connectivity index (χ4n) is 2.75. The van der Waals surface area contributed by atoms with E-state index in [0.717, 1.165) is 32.6 Å². The average Bonchev–Trinajstić information content (AvgIpc) is 2.41. The number of hydrogen-bond acceptors (Lipinski definition) is 3. The first-order chi connectivity index (χ1) is 9.49. The van der Waals surface area contributed by atoms with Crippen LogP contribution in [0, 0.1) is 11.7 Å². The molecule has 0 unspecified atom stereocenters. The summed E-state index contributed by atoms with van der Waals surface area (Å²) in [5.74, 6) is 0.334. The molecule has 7 heteroatoms. The Balaban J connectivity index is 0.00000220. The average molecular weight is 418 g/mol. The van der Waals surface area contributed by atoms with Gasteiger partial charge >= 0.3 is 0 Å². The third kappa shape index (κ3) is 5.53. The minimum absolute atomic E-state index is 0. The van der Waals surface area contributed by atoms with Crippen molar-refractivity contribution in [2.24, 2.45) is 5.92 Å². The van der Waals surface area contributed by atoms with Crippen molar-refractivity contribution in [1.29, 1.82) is 0 Å². The van der Waals surface area contributed by atoms with E-state index in [2.05, 4.69) is 40.0 Å². The lowest BCUT2D eigenvalue weighted by Crippen LogP contribution is -2.45. The summed E-state index contributed by atoms with van der Waals surface area (Å²) < 4.78 is 14.1. The Hall–Kier alpha value is -0.0700. The Bertz CT molecular complexity index is 471. The van der Waals surface area contributed by atoms with Gasteiger partial charge in [-0.25, -0.2) is 4.39 Å². The predicted molar refractivity (Wildman–Crippen MR) is 96.9 cm³/mol. The van der Waals surface area contributed by atoms with Crippen LogP contribution in [0.3, 0.4) is 0 Å². The molecule has 0 aromatic heterocycles. The second kappa shape index (κ2) is 9.93. The second-order valence-electron chi connectivity index (χ2n) is 5.76. The topological polar surface area (TPSA) is 35.5 Å². The van der Waals surface area contributed by atoms with Crippen LogP contribution in [0.4, 0.5) is 4.39 Å². The molecule has 0 aliphatic carbocycles. The molecule has 2 rings (SSSR count).